The Bertz CT molecular complexity index is 384. The SMILES string of the molecule is CCNc1c(COCC2CCCO2)c(C)nn1C. The third-order valence-electron chi connectivity index (χ3n) is 3.26. The van der Waals surface area contributed by atoms with Crippen molar-refractivity contribution in [3.8, 4) is 0 Å². The fourth-order valence-electron chi connectivity index (χ4n) is 2.33. The molecule has 0 bridgehead atoms. The summed E-state index contributed by atoms with van der Waals surface area (Å²) in [6.45, 7) is 7.15. The third-order valence-corrected chi connectivity index (χ3v) is 3.26. The topological polar surface area (TPSA) is 48.3 Å². The number of ether oxygens (including phenoxy) is 2. The Hall–Kier alpha value is -1.07. The Balaban J connectivity index is 1.90. The van der Waals surface area contributed by atoms with Crippen molar-refractivity contribution in [2.45, 2.75) is 39.4 Å². The number of aromatic nitrogens is 2. The lowest BCUT2D eigenvalue weighted by atomic mass is 10.2. The molecule has 1 fully saturated rings. The Labute approximate surface area is 108 Å². The fourth-order valence-corrected chi connectivity index (χ4v) is 2.33. The van der Waals surface area contributed by atoms with E-state index in [1.807, 2.05) is 18.7 Å². The van der Waals surface area contributed by atoms with Gasteiger partial charge < -0.3 is 14.8 Å². The summed E-state index contributed by atoms with van der Waals surface area (Å²) in [6, 6.07) is 0. The average Bonchev–Trinajstić information content (AvgIpc) is 2.92. The van der Waals surface area contributed by atoms with Crippen LogP contribution in [0.1, 0.15) is 31.0 Å². The highest BCUT2D eigenvalue weighted by Crippen LogP contribution is 2.20. The summed E-state index contributed by atoms with van der Waals surface area (Å²) in [5, 5.41) is 7.76. The van der Waals surface area contributed by atoms with Gasteiger partial charge in [0.25, 0.3) is 0 Å². The molecule has 0 amide bonds. The second-order valence-corrected chi connectivity index (χ2v) is 4.72. The summed E-state index contributed by atoms with van der Waals surface area (Å²) in [5.74, 6) is 1.06. The lowest BCUT2D eigenvalue weighted by Crippen LogP contribution is -2.14. The van der Waals surface area contributed by atoms with E-state index in [0.717, 1.165) is 43.1 Å². The van der Waals surface area contributed by atoms with Crippen LogP contribution in [0.2, 0.25) is 0 Å². The molecule has 1 unspecified atom stereocenters. The van der Waals surface area contributed by atoms with Gasteiger partial charge in [-0.25, -0.2) is 0 Å². The van der Waals surface area contributed by atoms with Crippen LogP contribution in [0.4, 0.5) is 5.82 Å². The van der Waals surface area contributed by atoms with Crippen LogP contribution in [-0.2, 0) is 23.1 Å². The van der Waals surface area contributed by atoms with Crippen LogP contribution >= 0.6 is 0 Å². The number of rotatable bonds is 6. The second-order valence-electron chi connectivity index (χ2n) is 4.72. The van der Waals surface area contributed by atoms with E-state index in [2.05, 4.69) is 17.3 Å². The van der Waals surface area contributed by atoms with Crippen molar-refractivity contribution in [1.29, 1.82) is 0 Å². The molecule has 1 aromatic rings. The van der Waals surface area contributed by atoms with Crippen LogP contribution in [0.3, 0.4) is 0 Å². The first-order chi connectivity index (χ1) is 8.72. The molecule has 0 saturated carbocycles. The molecule has 2 heterocycles. The summed E-state index contributed by atoms with van der Waals surface area (Å²) in [4.78, 5) is 0. The van der Waals surface area contributed by atoms with Crippen LogP contribution in [-0.4, -0.2) is 35.6 Å². The number of aryl methyl sites for hydroxylation is 2. The van der Waals surface area contributed by atoms with Gasteiger partial charge in [0.1, 0.15) is 5.82 Å². The fraction of sp³-hybridized carbons (Fsp3) is 0.769. The van der Waals surface area contributed by atoms with E-state index in [1.165, 1.54) is 0 Å². The summed E-state index contributed by atoms with van der Waals surface area (Å²) >= 11 is 0. The van der Waals surface area contributed by atoms with E-state index in [0.29, 0.717) is 13.2 Å². The minimum Gasteiger partial charge on any atom is -0.376 e. The first-order valence-corrected chi connectivity index (χ1v) is 6.68. The maximum absolute atomic E-state index is 5.77. The van der Waals surface area contributed by atoms with E-state index >= 15 is 0 Å². The number of nitrogens with zero attached hydrogens (tertiary/aromatic N) is 2. The lowest BCUT2D eigenvalue weighted by molar-refractivity contribution is 0.0106. The summed E-state index contributed by atoms with van der Waals surface area (Å²) < 4.78 is 13.2. The van der Waals surface area contributed by atoms with Crippen LogP contribution in [0.25, 0.3) is 0 Å². The van der Waals surface area contributed by atoms with Gasteiger partial charge >= 0.3 is 0 Å². The monoisotopic (exact) mass is 253 g/mol. The van der Waals surface area contributed by atoms with Crippen molar-refractivity contribution >= 4 is 5.82 Å². The van der Waals surface area contributed by atoms with Gasteiger partial charge in [0.15, 0.2) is 0 Å². The van der Waals surface area contributed by atoms with E-state index in [9.17, 15) is 0 Å². The number of anilines is 1. The highest BCUT2D eigenvalue weighted by Gasteiger charge is 2.17. The molecule has 1 aliphatic heterocycles. The van der Waals surface area contributed by atoms with Gasteiger partial charge in [0, 0.05) is 25.8 Å². The van der Waals surface area contributed by atoms with Crippen LogP contribution in [0.5, 0.6) is 0 Å². The maximum Gasteiger partial charge on any atom is 0.129 e. The summed E-state index contributed by atoms with van der Waals surface area (Å²) in [5.41, 5.74) is 2.18. The molecule has 1 aliphatic rings. The molecule has 0 radical (unpaired) electrons. The second kappa shape index (κ2) is 6.20. The van der Waals surface area contributed by atoms with Crippen molar-refractivity contribution in [3.63, 3.8) is 0 Å². The molecular formula is C13H23N3O2. The van der Waals surface area contributed by atoms with Gasteiger partial charge in [0.2, 0.25) is 0 Å². The van der Waals surface area contributed by atoms with E-state index in [4.69, 9.17) is 9.47 Å². The van der Waals surface area contributed by atoms with Crippen molar-refractivity contribution in [2.75, 3.05) is 25.1 Å². The zero-order chi connectivity index (χ0) is 13.0. The Morgan fingerprint density at radius 2 is 2.39 bits per heavy atom. The summed E-state index contributed by atoms with van der Waals surface area (Å²) in [7, 11) is 1.95. The number of nitrogens with one attached hydrogen (secondary N) is 1. The van der Waals surface area contributed by atoms with Crippen LogP contribution in [0.15, 0.2) is 0 Å². The highest BCUT2D eigenvalue weighted by molar-refractivity contribution is 5.47. The predicted molar refractivity (Wildman–Crippen MR) is 70.7 cm³/mol. The van der Waals surface area contributed by atoms with Crippen molar-refractivity contribution in [2.24, 2.45) is 7.05 Å². The quantitative estimate of drug-likeness (QED) is 0.840. The molecular weight excluding hydrogens is 230 g/mol. The van der Waals surface area contributed by atoms with Gasteiger partial charge in [-0.1, -0.05) is 0 Å². The minimum atomic E-state index is 0.282. The van der Waals surface area contributed by atoms with Crippen molar-refractivity contribution in [3.05, 3.63) is 11.3 Å². The first kappa shape index (κ1) is 13.4. The standard InChI is InChI=1S/C13H23N3O2/c1-4-14-13-12(10(2)15-16(13)3)9-17-8-11-6-5-7-18-11/h11,14H,4-9H2,1-3H3. The molecule has 2 rings (SSSR count). The van der Waals surface area contributed by atoms with E-state index in [-0.39, 0.29) is 6.10 Å². The molecule has 0 aromatic carbocycles. The average molecular weight is 253 g/mol. The smallest absolute Gasteiger partial charge is 0.129 e. The molecule has 0 aliphatic carbocycles. The van der Waals surface area contributed by atoms with Crippen LogP contribution < -0.4 is 5.32 Å². The Morgan fingerprint density at radius 1 is 1.56 bits per heavy atom. The van der Waals surface area contributed by atoms with E-state index in [1.54, 1.807) is 0 Å². The predicted octanol–water partition coefficient (Wildman–Crippen LogP) is 1.86. The highest BCUT2D eigenvalue weighted by atomic mass is 16.5. The Kier molecular flexibility index (Phi) is 4.60. The van der Waals surface area contributed by atoms with Gasteiger partial charge in [-0.05, 0) is 26.7 Å². The van der Waals surface area contributed by atoms with Gasteiger partial charge in [0.05, 0.1) is 25.0 Å². The molecule has 102 valence electrons. The number of hydrogen-bond donors (Lipinski definition) is 1. The Morgan fingerprint density at radius 3 is 3.06 bits per heavy atom. The molecule has 0 spiro atoms. The van der Waals surface area contributed by atoms with Crippen LogP contribution in [0, 0.1) is 6.92 Å². The molecule has 1 saturated heterocycles. The zero-order valence-corrected chi connectivity index (χ0v) is 11.5. The minimum absolute atomic E-state index is 0.282. The van der Waals surface area contributed by atoms with Gasteiger partial charge in [-0.15, -0.1) is 0 Å². The van der Waals surface area contributed by atoms with Gasteiger partial charge in [-0.2, -0.15) is 5.10 Å². The number of hydrogen-bond acceptors (Lipinski definition) is 4. The maximum atomic E-state index is 5.77. The molecule has 5 nitrogen and oxygen atoms in total. The van der Waals surface area contributed by atoms with E-state index < -0.39 is 0 Å². The zero-order valence-electron chi connectivity index (χ0n) is 11.5. The molecule has 1 aromatic heterocycles. The molecule has 1 N–H and O–H groups in total. The third kappa shape index (κ3) is 3.03. The normalized spacial score (nSPS) is 19.4. The summed E-state index contributed by atoms with van der Waals surface area (Å²) in [6.07, 6.45) is 2.55. The lowest BCUT2D eigenvalue weighted by Gasteiger charge is -2.11. The van der Waals surface area contributed by atoms with Crippen molar-refractivity contribution < 1.29 is 9.47 Å². The molecule has 5 heteroatoms. The largest absolute Gasteiger partial charge is 0.376 e. The molecule has 18 heavy (non-hydrogen) atoms. The van der Waals surface area contributed by atoms with Gasteiger partial charge in [-0.3, -0.25) is 4.68 Å². The van der Waals surface area contributed by atoms with Crippen molar-refractivity contribution in [1.82, 2.24) is 9.78 Å². The first-order valence-electron chi connectivity index (χ1n) is 6.68. The molecule has 1 atom stereocenters.